The molecule has 0 aliphatic carbocycles. The third kappa shape index (κ3) is 3.66. The largest absolute Gasteiger partial charge is 0.304 e. The van der Waals surface area contributed by atoms with Crippen LogP contribution in [0.2, 0.25) is 0 Å². The maximum Gasteiger partial charge on any atom is 0.252 e. The summed E-state index contributed by atoms with van der Waals surface area (Å²) in [6.07, 6.45) is 0. The van der Waals surface area contributed by atoms with E-state index in [1.54, 1.807) is 43.3 Å². The van der Waals surface area contributed by atoms with E-state index >= 15 is 0 Å². The molecule has 0 aromatic heterocycles. The summed E-state index contributed by atoms with van der Waals surface area (Å²) in [5.41, 5.74) is 1.98. The molecule has 1 saturated heterocycles. The van der Waals surface area contributed by atoms with Crippen molar-refractivity contribution in [1.82, 2.24) is 5.32 Å². The first kappa shape index (κ1) is 18.6. The standard InChI is InChI=1S/C19H16ClFN2O2S/c1-11(12-5-9-15(21)10-6-12)22-18-23-17(25)19(2,26-18)14-7-3-13(4-8-14)16(20)24/h3-11H,1-2H3,(H,22,23,25). The first-order valence-electron chi connectivity index (χ1n) is 7.94. The van der Waals surface area contributed by atoms with Crippen LogP contribution in [0.4, 0.5) is 4.39 Å². The molecule has 4 nitrogen and oxygen atoms in total. The summed E-state index contributed by atoms with van der Waals surface area (Å²) in [4.78, 5) is 28.3. The van der Waals surface area contributed by atoms with Crippen molar-refractivity contribution in [2.75, 3.05) is 0 Å². The Morgan fingerprint density at radius 2 is 1.81 bits per heavy atom. The van der Waals surface area contributed by atoms with Gasteiger partial charge in [-0.25, -0.2) is 4.39 Å². The highest BCUT2D eigenvalue weighted by molar-refractivity contribution is 8.15. The van der Waals surface area contributed by atoms with Gasteiger partial charge in [-0.3, -0.25) is 14.6 Å². The number of rotatable bonds is 4. The topological polar surface area (TPSA) is 58.5 Å². The fourth-order valence-corrected chi connectivity index (χ4v) is 3.91. The van der Waals surface area contributed by atoms with E-state index in [0.29, 0.717) is 10.7 Å². The molecule has 3 rings (SSSR count). The van der Waals surface area contributed by atoms with Crippen LogP contribution < -0.4 is 5.32 Å². The molecule has 0 radical (unpaired) electrons. The zero-order valence-corrected chi connectivity index (χ0v) is 15.7. The number of nitrogens with zero attached hydrogens (tertiary/aromatic N) is 1. The molecular formula is C19H16ClFN2O2S. The van der Waals surface area contributed by atoms with Crippen LogP contribution in [0.1, 0.15) is 41.4 Å². The molecule has 0 saturated carbocycles. The van der Waals surface area contributed by atoms with Gasteiger partial charge in [-0.05, 0) is 60.8 Å². The molecule has 1 N–H and O–H groups in total. The SMILES string of the molecule is CC(N=C1NC(=O)C(C)(c2ccc(C(=O)Cl)cc2)S1)c1ccc(F)cc1. The molecule has 0 spiro atoms. The first-order chi connectivity index (χ1) is 12.3. The molecule has 2 atom stereocenters. The summed E-state index contributed by atoms with van der Waals surface area (Å²) in [6, 6.07) is 12.5. The number of amides is 1. The number of hydrogen-bond donors (Lipinski definition) is 1. The Hall–Kier alpha value is -2.18. The highest BCUT2D eigenvalue weighted by Gasteiger charge is 2.44. The number of amidine groups is 1. The number of halogens is 2. The van der Waals surface area contributed by atoms with Crippen molar-refractivity contribution in [1.29, 1.82) is 0 Å². The molecule has 1 fully saturated rings. The normalized spacial score (nSPS) is 22.3. The number of carbonyl (C=O) groups excluding carboxylic acids is 2. The van der Waals surface area contributed by atoms with Gasteiger partial charge < -0.3 is 5.32 Å². The third-order valence-corrected chi connectivity index (χ3v) is 5.73. The first-order valence-corrected chi connectivity index (χ1v) is 9.13. The number of hydrogen-bond acceptors (Lipinski definition) is 4. The molecule has 2 unspecified atom stereocenters. The lowest BCUT2D eigenvalue weighted by Crippen LogP contribution is -2.31. The van der Waals surface area contributed by atoms with Crippen molar-refractivity contribution in [2.24, 2.45) is 4.99 Å². The monoisotopic (exact) mass is 390 g/mol. The molecule has 1 heterocycles. The number of thioether (sulfide) groups is 1. The predicted octanol–water partition coefficient (Wildman–Crippen LogP) is 4.40. The lowest BCUT2D eigenvalue weighted by molar-refractivity contribution is -0.121. The molecule has 26 heavy (non-hydrogen) atoms. The van der Waals surface area contributed by atoms with E-state index in [4.69, 9.17) is 11.6 Å². The molecule has 1 aliphatic heterocycles. The number of benzene rings is 2. The van der Waals surface area contributed by atoms with Crippen molar-refractivity contribution in [3.05, 3.63) is 71.0 Å². The molecule has 134 valence electrons. The van der Waals surface area contributed by atoms with E-state index in [1.165, 1.54) is 23.9 Å². The van der Waals surface area contributed by atoms with Crippen LogP contribution in [0.25, 0.3) is 0 Å². The lowest BCUT2D eigenvalue weighted by atomic mass is 9.98. The van der Waals surface area contributed by atoms with Crippen LogP contribution >= 0.6 is 23.4 Å². The number of nitrogens with one attached hydrogen (secondary N) is 1. The van der Waals surface area contributed by atoms with Gasteiger partial charge in [0.2, 0.25) is 5.91 Å². The van der Waals surface area contributed by atoms with E-state index in [1.807, 2.05) is 6.92 Å². The molecule has 7 heteroatoms. The Morgan fingerprint density at radius 1 is 1.19 bits per heavy atom. The minimum absolute atomic E-state index is 0.183. The summed E-state index contributed by atoms with van der Waals surface area (Å²) in [6.45, 7) is 3.68. The van der Waals surface area contributed by atoms with Gasteiger partial charge in [0.1, 0.15) is 10.6 Å². The van der Waals surface area contributed by atoms with E-state index < -0.39 is 9.99 Å². The second kappa shape index (κ2) is 7.21. The lowest BCUT2D eigenvalue weighted by Gasteiger charge is -2.19. The van der Waals surface area contributed by atoms with Crippen molar-refractivity contribution in [3.8, 4) is 0 Å². The number of carbonyl (C=O) groups is 2. The van der Waals surface area contributed by atoms with E-state index in [0.717, 1.165) is 11.1 Å². The maximum atomic E-state index is 13.0. The van der Waals surface area contributed by atoms with Crippen LogP contribution in [0.15, 0.2) is 53.5 Å². The minimum atomic E-state index is -0.852. The van der Waals surface area contributed by atoms with Crippen LogP contribution in [0.5, 0.6) is 0 Å². The Labute approximate surface area is 159 Å². The number of aliphatic imine (C=N–C) groups is 1. The van der Waals surface area contributed by atoms with E-state index in [2.05, 4.69) is 10.3 Å². The smallest absolute Gasteiger partial charge is 0.252 e. The Balaban J connectivity index is 1.82. The van der Waals surface area contributed by atoms with Gasteiger partial charge in [0.25, 0.3) is 5.24 Å². The van der Waals surface area contributed by atoms with Crippen LogP contribution in [0, 0.1) is 5.82 Å². The van der Waals surface area contributed by atoms with Gasteiger partial charge in [-0.15, -0.1) is 0 Å². The second-order valence-electron chi connectivity index (χ2n) is 6.10. The quantitative estimate of drug-likeness (QED) is 0.787. The Kier molecular flexibility index (Phi) is 5.16. The van der Waals surface area contributed by atoms with Gasteiger partial charge in [-0.1, -0.05) is 36.0 Å². The van der Waals surface area contributed by atoms with Gasteiger partial charge >= 0.3 is 0 Å². The van der Waals surface area contributed by atoms with Gasteiger partial charge in [-0.2, -0.15) is 0 Å². The highest BCUT2D eigenvalue weighted by Crippen LogP contribution is 2.41. The Bertz CT molecular complexity index is 883. The summed E-state index contributed by atoms with van der Waals surface area (Å²) in [5, 5.41) is 2.76. The average Bonchev–Trinajstić information content (AvgIpc) is 2.90. The van der Waals surface area contributed by atoms with Gasteiger partial charge in [0.05, 0.1) is 6.04 Å². The minimum Gasteiger partial charge on any atom is -0.304 e. The summed E-state index contributed by atoms with van der Waals surface area (Å²) >= 11 is 6.77. The summed E-state index contributed by atoms with van der Waals surface area (Å²) in [5.74, 6) is -0.485. The fraction of sp³-hybridized carbons (Fsp3) is 0.211. The molecule has 2 aromatic rings. The highest BCUT2D eigenvalue weighted by atomic mass is 35.5. The van der Waals surface area contributed by atoms with Crippen molar-refractivity contribution < 1.29 is 14.0 Å². The van der Waals surface area contributed by atoms with Crippen LogP contribution in [0.3, 0.4) is 0 Å². The second-order valence-corrected chi connectivity index (χ2v) is 7.85. The zero-order chi connectivity index (χ0) is 18.9. The summed E-state index contributed by atoms with van der Waals surface area (Å²) < 4.78 is 12.2. The van der Waals surface area contributed by atoms with Crippen LogP contribution in [-0.2, 0) is 9.54 Å². The van der Waals surface area contributed by atoms with Gasteiger partial charge in [0.15, 0.2) is 5.17 Å². The molecular weight excluding hydrogens is 375 g/mol. The van der Waals surface area contributed by atoms with E-state index in [9.17, 15) is 14.0 Å². The van der Waals surface area contributed by atoms with Gasteiger partial charge in [0, 0.05) is 5.56 Å². The van der Waals surface area contributed by atoms with Crippen molar-refractivity contribution >= 4 is 39.7 Å². The molecule has 1 amide bonds. The van der Waals surface area contributed by atoms with E-state index in [-0.39, 0.29) is 17.8 Å². The van der Waals surface area contributed by atoms with Crippen molar-refractivity contribution in [3.63, 3.8) is 0 Å². The third-order valence-electron chi connectivity index (χ3n) is 4.28. The van der Waals surface area contributed by atoms with Crippen molar-refractivity contribution in [2.45, 2.75) is 24.6 Å². The molecule has 0 bridgehead atoms. The average molecular weight is 391 g/mol. The molecule has 2 aromatic carbocycles. The Morgan fingerprint density at radius 3 is 2.38 bits per heavy atom. The maximum absolute atomic E-state index is 13.0. The fourth-order valence-electron chi connectivity index (χ4n) is 2.64. The summed E-state index contributed by atoms with van der Waals surface area (Å²) in [7, 11) is 0. The zero-order valence-electron chi connectivity index (χ0n) is 14.1. The molecule has 1 aliphatic rings. The predicted molar refractivity (Wildman–Crippen MR) is 102 cm³/mol. The van der Waals surface area contributed by atoms with Crippen LogP contribution in [-0.4, -0.2) is 16.3 Å².